The smallest absolute Gasteiger partial charge is 0.324 e. The van der Waals surface area contributed by atoms with Gasteiger partial charge in [-0.05, 0) is 61.9 Å². The molecule has 216 valence electrons. The molecule has 0 bridgehead atoms. The second-order valence-corrected chi connectivity index (χ2v) is 12.2. The van der Waals surface area contributed by atoms with E-state index in [1.807, 2.05) is 60.4 Å². The maximum atomic E-state index is 13.1. The molecule has 0 aliphatic carbocycles. The molecule has 3 aromatic rings. The number of aryl methyl sites for hydroxylation is 1. The van der Waals surface area contributed by atoms with Crippen molar-refractivity contribution in [2.45, 2.75) is 71.3 Å². The van der Waals surface area contributed by atoms with Gasteiger partial charge in [0.2, 0.25) is 0 Å². The van der Waals surface area contributed by atoms with Crippen LogP contribution in [-0.2, 0) is 26.2 Å². The number of benzene rings is 2. The molecule has 0 radical (unpaired) electrons. The van der Waals surface area contributed by atoms with Crippen LogP contribution in [0.15, 0.2) is 54.6 Å². The molecule has 5 rings (SSSR count). The second kappa shape index (κ2) is 11.8. The van der Waals surface area contributed by atoms with E-state index in [2.05, 4.69) is 37.5 Å². The Labute approximate surface area is 241 Å². The highest BCUT2D eigenvalue weighted by molar-refractivity contribution is 5.99. The molecular weight excluding hydrogens is 518 g/mol. The average molecular weight is 558 g/mol. The third kappa shape index (κ3) is 6.96. The molecule has 9 nitrogen and oxygen atoms in total. The van der Waals surface area contributed by atoms with Gasteiger partial charge in [-0.15, -0.1) is 0 Å². The van der Waals surface area contributed by atoms with Gasteiger partial charge < -0.3 is 15.0 Å². The molecule has 3 heterocycles. The van der Waals surface area contributed by atoms with Crippen LogP contribution in [-0.4, -0.2) is 51.8 Å². The molecule has 0 unspecified atom stereocenters. The number of cyclic esters (lactones) is 1. The van der Waals surface area contributed by atoms with E-state index in [-0.39, 0.29) is 23.3 Å². The number of nitrogens with zero attached hydrogens (tertiary/aromatic N) is 3. The van der Waals surface area contributed by atoms with Crippen molar-refractivity contribution >= 4 is 29.4 Å². The van der Waals surface area contributed by atoms with Crippen molar-refractivity contribution in [2.24, 2.45) is 5.92 Å². The second-order valence-electron chi connectivity index (χ2n) is 12.2. The summed E-state index contributed by atoms with van der Waals surface area (Å²) in [6.07, 6.45) is 2.85. The SMILES string of the molecule is Cc1ccc(-n2nc(C(C)(C)C)cc2NC(=O)Nc2cccc(CC3CCN(C(=O)[C@@H]4CCC(=O)O4)CC3)c2)cc1. The fraction of sp³-hybridized carbons (Fsp3) is 0.438. The van der Waals surface area contributed by atoms with E-state index in [1.54, 1.807) is 4.68 Å². The Hall–Kier alpha value is -4.14. The minimum atomic E-state index is -0.608. The third-order valence-corrected chi connectivity index (χ3v) is 7.79. The predicted molar refractivity (Wildman–Crippen MR) is 158 cm³/mol. The molecule has 2 saturated heterocycles. The number of nitrogens with one attached hydrogen (secondary N) is 2. The topological polar surface area (TPSA) is 106 Å². The molecule has 2 N–H and O–H groups in total. The number of rotatable bonds is 6. The van der Waals surface area contributed by atoms with Gasteiger partial charge in [-0.25, -0.2) is 9.48 Å². The Kier molecular flexibility index (Phi) is 8.15. The van der Waals surface area contributed by atoms with Gasteiger partial charge in [0, 0.05) is 43.1 Å². The van der Waals surface area contributed by atoms with E-state index >= 15 is 0 Å². The number of urea groups is 1. The van der Waals surface area contributed by atoms with Gasteiger partial charge in [0.05, 0.1) is 11.4 Å². The predicted octanol–water partition coefficient (Wildman–Crippen LogP) is 5.61. The Morgan fingerprint density at radius 3 is 2.39 bits per heavy atom. The van der Waals surface area contributed by atoms with Crippen LogP contribution in [0.3, 0.4) is 0 Å². The number of hydrogen-bond acceptors (Lipinski definition) is 5. The largest absolute Gasteiger partial charge is 0.452 e. The molecule has 9 heteroatoms. The number of amides is 3. The Morgan fingerprint density at radius 2 is 1.73 bits per heavy atom. The molecule has 2 aliphatic rings. The van der Waals surface area contributed by atoms with Crippen molar-refractivity contribution in [3.63, 3.8) is 0 Å². The molecule has 1 aromatic heterocycles. The average Bonchev–Trinajstić information content (AvgIpc) is 3.56. The highest BCUT2D eigenvalue weighted by atomic mass is 16.6. The molecule has 2 aromatic carbocycles. The van der Waals surface area contributed by atoms with Crippen molar-refractivity contribution in [3.8, 4) is 5.69 Å². The molecule has 41 heavy (non-hydrogen) atoms. The number of aromatic nitrogens is 2. The van der Waals surface area contributed by atoms with Crippen molar-refractivity contribution in [1.82, 2.24) is 14.7 Å². The quantitative estimate of drug-likeness (QED) is 0.384. The summed E-state index contributed by atoms with van der Waals surface area (Å²) in [6, 6.07) is 17.5. The zero-order chi connectivity index (χ0) is 29.1. The van der Waals surface area contributed by atoms with Crippen molar-refractivity contribution in [3.05, 3.63) is 71.4 Å². The molecule has 2 aliphatic heterocycles. The van der Waals surface area contributed by atoms with Crippen LogP contribution >= 0.6 is 0 Å². The van der Waals surface area contributed by atoms with Crippen molar-refractivity contribution in [1.29, 1.82) is 0 Å². The summed E-state index contributed by atoms with van der Waals surface area (Å²) in [4.78, 5) is 38.9. The summed E-state index contributed by atoms with van der Waals surface area (Å²) in [5.41, 5.74) is 4.58. The van der Waals surface area contributed by atoms with Gasteiger partial charge >= 0.3 is 12.0 Å². The number of carbonyl (C=O) groups is 3. The fourth-order valence-electron chi connectivity index (χ4n) is 5.37. The molecule has 2 fully saturated rings. The normalized spacial score (nSPS) is 17.8. The summed E-state index contributed by atoms with van der Waals surface area (Å²) in [7, 11) is 0. The van der Waals surface area contributed by atoms with Gasteiger partial charge in [-0.1, -0.05) is 50.6 Å². The number of anilines is 2. The van der Waals surface area contributed by atoms with Gasteiger partial charge in [-0.3, -0.25) is 14.9 Å². The van der Waals surface area contributed by atoms with Crippen molar-refractivity contribution < 1.29 is 19.1 Å². The Balaban J connectivity index is 1.19. The van der Waals surface area contributed by atoms with Gasteiger partial charge in [0.25, 0.3) is 5.91 Å². The van der Waals surface area contributed by atoms with Crippen LogP contribution in [0.1, 0.15) is 63.3 Å². The van der Waals surface area contributed by atoms with Gasteiger partial charge in [-0.2, -0.15) is 5.10 Å². The number of hydrogen-bond donors (Lipinski definition) is 2. The van der Waals surface area contributed by atoms with Crippen LogP contribution in [0.25, 0.3) is 5.69 Å². The van der Waals surface area contributed by atoms with Crippen LogP contribution in [0.2, 0.25) is 0 Å². The third-order valence-electron chi connectivity index (χ3n) is 7.79. The van der Waals surface area contributed by atoms with E-state index in [1.165, 1.54) is 0 Å². The van der Waals surface area contributed by atoms with E-state index in [0.717, 1.165) is 41.8 Å². The maximum absolute atomic E-state index is 13.1. The lowest BCUT2D eigenvalue weighted by Gasteiger charge is -2.33. The first-order valence-electron chi connectivity index (χ1n) is 14.4. The number of ether oxygens (including phenoxy) is 1. The molecule has 3 amide bonds. The lowest BCUT2D eigenvalue weighted by atomic mass is 9.90. The summed E-state index contributed by atoms with van der Waals surface area (Å²) >= 11 is 0. The molecule has 0 spiro atoms. The number of likely N-dealkylation sites (tertiary alicyclic amines) is 1. The summed E-state index contributed by atoms with van der Waals surface area (Å²) in [5, 5.41) is 10.8. The van der Waals surface area contributed by atoms with Crippen molar-refractivity contribution in [2.75, 3.05) is 23.7 Å². The van der Waals surface area contributed by atoms with E-state index in [0.29, 0.717) is 43.4 Å². The lowest BCUT2D eigenvalue weighted by molar-refractivity contribution is -0.153. The lowest BCUT2D eigenvalue weighted by Crippen LogP contribution is -2.44. The molecule has 0 saturated carbocycles. The molecular formula is C32H39N5O4. The van der Waals surface area contributed by atoms with Crippen LogP contribution < -0.4 is 10.6 Å². The first-order chi connectivity index (χ1) is 19.5. The fourth-order valence-corrected chi connectivity index (χ4v) is 5.37. The number of carbonyl (C=O) groups excluding carboxylic acids is 3. The zero-order valence-corrected chi connectivity index (χ0v) is 24.3. The minimum Gasteiger partial charge on any atom is -0.452 e. The first kappa shape index (κ1) is 28.4. The Morgan fingerprint density at radius 1 is 1.00 bits per heavy atom. The first-order valence-corrected chi connectivity index (χ1v) is 14.4. The van der Waals surface area contributed by atoms with Crippen LogP contribution in [0.4, 0.5) is 16.3 Å². The van der Waals surface area contributed by atoms with E-state index < -0.39 is 6.10 Å². The van der Waals surface area contributed by atoms with Crippen LogP contribution in [0.5, 0.6) is 0 Å². The summed E-state index contributed by atoms with van der Waals surface area (Å²) < 4.78 is 6.92. The zero-order valence-electron chi connectivity index (χ0n) is 24.3. The standard InChI is InChI=1S/C32H39N5O4/c1-21-8-10-25(11-9-21)37-28(20-27(35-37)32(2,3)4)34-31(40)33-24-7-5-6-23(19-24)18-22-14-16-36(17-15-22)30(39)26-12-13-29(38)41-26/h5-11,19-20,22,26H,12-18H2,1-4H3,(H2,33,34,40)/t26-/m0/s1. The summed E-state index contributed by atoms with van der Waals surface area (Å²) in [6.45, 7) is 9.66. The number of esters is 1. The Bertz CT molecular complexity index is 1410. The highest BCUT2D eigenvalue weighted by Crippen LogP contribution is 2.28. The number of piperidine rings is 1. The maximum Gasteiger partial charge on any atom is 0.324 e. The monoisotopic (exact) mass is 557 g/mol. The summed E-state index contributed by atoms with van der Waals surface area (Å²) in [5.74, 6) is 0.687. The van der Waals surface area contributed by atoms with Gasteiger partial charge in [0.15, 0.2) is 6.10 Å². The minimum absolute atomic E-state index is 0.0650. The van der Waals surface area contributed by atoms with E-state index in [4.69, 9.17) is 9.84 Å². The van der Waals surface area contributed by atoms with E-state index in [9.17, 15) is 14.4 Å². The highest BCUT2D eigenvalue weighted by Gasteiger charge is 2.34. The molecule has 1 atom stereocenters. The van der Waals surface area contributed by atoms with Crippen LogP contribution in [0, 0.1) is 12.8 Å². The van der Waals surface area contributed by atoms with Gasteiger partial charge in [0.1, 0.15) is 5.82 Å².